The first-order chi connectivity index (χ1) is 25.3. The molecule has 0 aliphatic rings. The highest BCUT2D eigenvalue weighted by molar-refractivity contribution is 6.11. The van der Waals surface area contributed by atoms with Crippen molar-refractivity contribution in [3.05, 3.63) is 152 Å². The topological polar surface area (TPSA) is 87.4 Å². The Morgan fingerprint density at radius 2 is 1.00 bits per heavy atom. The Kier molecular flexibility index (Phi) is 5.79. The third kappa shape index (κ3) is 4.17. The molecule has 0 bridgehead atoms. The van der Waals surface area contributed by atoms with Crippen LogP contribution in [0.4, 0.5) is 0 Å². The minimum absolute atomic E-state index is 0.553. The lowest BCUT2D eigenvalue weighted by Gasteiger charge is -2.09. The SMILES string of the molecule is c1ccc(-n2c3ccccc3c3ccc(-c4cnc5oc6ncc(-c7ccc8c9nncnc9n(-c9ccccc9)c8c7)cc6c5c4)cc32)cc1. The number of para-hydroxylation sites is 3. The van der Waals surface area contributed by atoms with Crippen LogP contribution in [0.15, 0.2) is 157 Å². The molecule has 238 valence electrons. The van der Waals surface area contributed by atoms with Crippen molar-refractivity contribution in [3.63, 3.8) is 0 Å². The van der Waals surface area contributed by atoms with Gasteiger partial charge in [0.15, 0.2) is 5.65 Å². The largest absolute Gasteiger partial charge is 0.419 e. The van der Waals surface area contributed by atoms with Crippen LogP contribution in [0.3, 0.4) is 0 Å². The van der Waals surface area contributed by atoms with Crippen molar-refractivity contribution in [2.24, 2.45) is 0 Å². The average Bonchev–Trinajstić information content (AvgIpc) is 3.85. The molecule has 0 aliphatic carbocycles. The quantitative estimate of drug-likeness (QED) is 0.188. The summed E-state index contributed by atoms with van der Waals surface area (Å²) < 4.78 is 10.6. The minimum Gasteiger partial charge on any atom is -0.419 e. The summed E-state index contributed by atoms with van der Waals surface area (Å²) in [5.41, 5.74) is 12.1. The Morgan fingerprint density at radius 1 is 0.431 bits per heavy atom. The second-order valence-corrected chi connectivity index (χ2v) is 12.7. The molecule has 11 aromatic rings. The van der Waals surface area contributed by atoms with E-state index in [0.717, 1.165) is 72.0 Å². The van der Waals surface area contributed by atoms with Gasteiger partial charge in [0, 0.05) is 51.1 Å². The third-order valence-corrected chi connectivity index (χ3v) is 9.86. The summed E-state index contributed by atoms with van der Waals surface area (Å²) in [5.74, 6) is 0. The van der Waals surface area contributed by atoms with Gasteiger partial charge in [0.05, 0.1) is 27.3 Å². The Morgan fingerprint density at radius 3 is 1.69 bits per heavy atom. The van der Waals surface area contributed by atoms with Gasteiger partial charge < -0.3 is 8.98 Å². The molecule has 6 heterocycles. The maximum absolute atomic E-state index is 6.15. The summed E-state index contributed by atoms with van der Waals surface area (Å²) in [5, 5.41) is 13.8. The molecule has 0 aliphatic heterocycles. The molecule has 8 heteroatoms. The first kappa shape index (κ1) is 27.7. The van der Waals surface area contributed by atoms with E-state index in [4.69, 9.17) is 14.4 Å². The Labute approximate surface area is 289 Å². The van der Waals surface area contributed by atoms with Crippen molar-refractivity contribution in [1.29, 1.82) is 0 Å². The number of fused-ring (bicyclic) bond motifs is 9. The molecule has 51 heavy (non-hydrogen) atoms. The minimum atomic E-state index is 0.553. The second-order valence-electron chi connectivity index (χ2n) is 12.7. The fourth-order valence-electron chi connectivity index (χ4n) is 7.52. The molecule has 0 atom stereocenters. The van der Waals surface area contributed by atoms with Gasteiger partial charge in [-0.1, -0.05) is 72.8 Å². The van der Waals surface area contributed by atoms with E-state index in [1.807, 2.05) is 30.6 Å². The van der Waals surface area contributed by atoms with Crippen LogP contribution >= 0.6 is 0 Å². The van der Waals surface area contributed by atoms with Crippen LogP contribution < -0.4 is 0 Å². The van der Waals surface area contributed by atoms with Gasteiger partial charge in [-0.3, -0.25) is 4.57 Å². The van der Waals surface area contributed by atoms with Crippen molar-refractivity contribution in [2.75, 3.05) is 0 Å². The normalized spacial score (nSPS) is 11.9. The van der Waals surface area contributed by atoms with Gasteiger partial charge in [0.2, 0.25) is 11.4 Å². The molecule has 6 aromatic heterocycles. The zero-order chi connectivity index (χ0) is 33.5. The lowest BCUT2D eigenvalue weighted by atomic mass is 10.0. The van der Waals surface area contributed by atoms with E-state index in [1.165, 1.54) is 22.6 Å². The number of pyridine rings is 2. The molecule has 0 saturated carbocycles. The highest BCUT2D eigenvalue weighted by Gasteiger charge is 2.18. The zero-order valence-corrected chi connectivity index (χ0v) is 27.0. The van der Waals surface area contributed by atoms with E-state index in [-0.39, 0.29) is 0 Å². The molecule has 8 nitrogen and oxygen atoms in total. The van der Waals surface area contributed by atoms with Crippen molar-refractivity contribution in [3.8, 4) is 33.6 Å². The summed E-state index contributed by atoms with van der Waals surface area (Å²) in [4.78, 5) is 14.1. The van der Waals surface area contributed by atoms with Gasteiger partial charge in [0.25, 0.3) is 0 Å². The monoisotopic (exact) mass is 655 g/mol. The molecular formula is C43H25N7O. The van der Waals surface area contributed by atoms with E-state index < -0.39 is 0 Å². The molecule has 0 spiro atoms. The summed E-state index contributed by atoms with van der Waals surface area (Å²) in [6, 6.07) is 46.6. The van der Waals surface area contributed by atoms with Crippen molar-refractivity contribution >= 4 is 66.1 Å². The first-order valence-corrected chi connectivity index (χ1v) is 16.7. The Bertz CT molecular complexity index is 2930. The van der Waals surface area contributed by atoms with Crippen LogP contribution in [0.2, 0.25) is 0 Å². The van der Waals surface area contributed by atoms with Gasteiger partial charge in [-0.2, -0.15) is 0 Å². The third-order valence-electron chi connectivity index (χ3n) is 9.86. The van der Waals surface area contributed by atoms with Gasteiger partial charge >= 0.3 is 0 Å². The summed E-state index contributed by atoms with van der Waals surface area (Å²) in [6.45, 7) is 0. The van der Waals surface area contributed by atoms with Crippen molar-refractivity contribution in [2.45, 2.75) is 0 Å². The molecule has 0 N–H and O–H groups in total. The smallest absolute Gasteiger partial charge is 0.229 e. The highest BCUT2D eigenvalue weighted by Crippen LogP contribution is 2.38. The van der Waals surface area contributed by atoms with Crippen LogP contribution in [0, 0.1) is 0 Å². The lowest BCUT2D eigenvalue weighted by molar-refractivity contribution is 0.640. The van der Waals surface area contributed by atoms with Crippen LogP contribution in [-0.2, 0) is 0 Å². The second kappa shape index (κ2) is 10.7. The molecular weight excluding hydrogens is 631 g/mol. The molecule has 5 aromatic carbocycles. The number of hydrogen-bond acceptors (Lipinski definition) is 6. The Balaban J connectivity index is 1.07. The number of hydrogen-bond donors (Lipinski definition) is 0. The number of rotatable bonds is 4. The number of furan rings is 1. The van der Waals surface area contributed by atoms with Gasteiger partial charge in [-0.05, 0) is 71.8 Å². The van der Waals surface area contributed by atoms with Crippen LogP contribution in [0.5, 0.6) is 0 Å². The fourth-order valence-corrected chi connectivity index (χ4v) is 7.52. The van der Waals surface area contributed by atoms with Gasteiger partial charge in [-0.25, -0.2) is 15.0 Å². The maximum Gasteiger partial charge on any atom is 0.229 e. The number of benzene rings is 5. The predicted octanol–water partition coefficient (Wildman–Crippen LogP) is 10.1. The molecule has 0 amide bonds. The highest BCUT2D eigenvalue weighted by atomic mass is 16.3. The molecule has 0 fully saturated rings. The fraction of sp³-hybridized carbons (Fsp3) is 0. The molecule has 0 radical (unpaired) electrons. The predicted molar refractivity (Wildman–Crippen MR) is 202 cm³/mol. The summed E-state index contributed by atoms with van der Waals surface area (Å²) >= 11 is 0. The zero-order valence-electron chi connectivity index (χ0n) is 27.0. The van der Waals surface area contributed by atoms with Gasteiger partial charge in [-0.15, -0.1) is 10.2 Å². The number of aromatic nitrogens is 7. The van der Waals surface area contributed by atoms with Crippen LogP contribution in [0.1, 0.15) is 0 Å². The van der Waals surface area contributed by atoms with Gasteiger partial charge in [0.1, 0.15) is 11.8 Å². The van der Waals surface area contributed by atoms with E-state index in [1.54, 1.807) is 0 Å². The molecule has 11 rings (SSSR count). The van der Waals surface area contributed by atoms with Crippen molar-refractivity contribution < 1.29 is 4.42 Å². The first-order valence-electron chi connectivity index (χ1n) is 16.7. The van der Waals surface area contributed by atoms with E-state index >= 15 is 0 Å². The maximum atomic E-state index is 6.15. The van der Waals surface area contributed by atoms with E-state index in [0.29, 0.717) is 11.4 Å². The lowest BCUT2D eigenvalue weighted by Crippen LogP contribution is -1.96. The molecule has 0 unspecified atom stereocenters. The summed E-state index contributed by atoms with van der Waals surface area (Å²) in [6.07, 6.45) is 5.24. The number of nitrogens with zero attached hydrogens (tertiary/aromatic N) is 7. The standard InChI is InChI=1S/C43H25N7O/c1-3-9-30(10-4-1)49-37-14-8-7-13-32(37)33-17-15-26(21-38(33)49)28-19-35-36-20-29(24-45-43(36)51-42(35)44-23-28)27-16-18-34-39(22-27)50(31-11-5-2-6-12-31)41-40(34)48-47-25-46-41/h1-25H. The van der Waals surface area contributed by atoms with Crippen LogP contribution in [-0.4, -0.2) is 34.3 Å². The van der Waals surface area contributed by atoms with E-state index in [2.05, 4.69) is 140 Å². The summed E-state index contributed by atoms with van der Waals surface area (Å²) in [7, 11) is 0. The van der Waals surface area contributed by atoms with E-state index in [9.17, 15) is 0 Å². The van der Waals surface area contributed by atoms with Crippen molar-refractivity contribution in [1.82, 2.24) is 34.3 Å². The average molecular weight is 656 g/mol. The Hall–Kier alpha value is -7.19. The van der Waals surface area contributed by atoms with Crippen LogP contribution in [0.25, 0.3) is 99.7 Å². The molecule has 0 saturated heterocycles.